The molecule has 4 aromatic rings. The summed E-state index contributed by atoms with van der Waals surface area (Å²) in [7, 11) is 0. The van der Waals surface area contributed by atoms with E-state index in [0.717, 1.165) is 12.6 Å². The van der Waals surface area contributed by atoms with E-state index in [-0.39, 0.29) is 23.1 Å². The second kappa shape index (κ2) is 9.60. The van der Waals surface area contributed by atoms with Crippen LogP contribution in [-0.2, 0) is 12.2 Å². The van der Waals surface area contributed by atoms with Crippen molar-refractivity contribution in [3.8, 4) is 22.8 Å². The molecule has 0 unspecified atom stereocenters. The Morgan fingerprint density at radius 3 is 2.59 bits per heavy atom. The van der Waals surface area contributed by atoms with Gasteiger partial charge >= 0.3 is 0 Å². The zero-order chi connectivity index (χ0) is 26.3. The summed E-state index contributed by atoms with van der Waals surface area (Å²) in [5, 5.41) is 10.4. The largest absolute Gasteiger partial charge is 0.485 e. The van der Waals surface area contributed by atoms with Crippen molar-refractivity contribution in [2.24, 2.45) is 0 Å². The van der Waals surface area contributed by atoms with E-state index in [2.05, 4.69) is 19.9 Å². The Morgan fingerprint density at radius 1 is 1.11 bits per heavy atom. The minimum Gasteiger partial charge on any atom is -0.485 e. The van der Waals surface area contributed by atoms with Crippen LogP contribution in [-0.4, -0.2) is 29.6 Å². The van der Waals surface area contributed by atoms with E-state index in [1.807, 2.05) is 6.92 Å². The van der Waals surface area contributed by atoms with Gasteiger partial charge in [-0.3, -0.25) is 19.3 Å². The van der Waals surface area contributed by atoms with Crippen LogP contribution in [0.1, 0.15) is 42.0 Å². The summed E-state index contributed by atoms with van der Waals surface area (Å²) in [5.74, 6) is -1.27. The maximum Gasteiger partial charge on any atom is 0.277 e. The van der Waals surface area contributed by atoms with Crippen LogP contribution in [0, 0.1) is 25.5 Å². The van der Waals surface area contributed by atoms with Crippen LogP contribution in [0.3, 0.4) is 0 Å². The molecule has 0 saturated heterocycles. The average molecular weight is 526 g/mol. The van der Waals surface area contributed by atoms with Gasteiger partial charge in [-0.05, 0) is 50.8 Å². The van der Waals surface area contributed by atoms with E-state index in [4.69, 9.17) is 16.3 Å². The monoisotopic (exact) mass is 525 g/mol. The highest BCUT2D eigenvalue weighted by Crippen LogP contribution is 2.39. The Labute approximate surface area is 215 Å². The molecule has 1 saturated carbocycles. The average Bonchev–Trinajstić information content (AvgIpc) is 2.86. The number of aromatic nitrogens is 5. The highest BCUT2D eigenvalue weighted by Gasteiger charge is 2.39. The molecular formula is C26H22ClF2N5O3. The van der Waals surface area contributed by atoms with Gasteiger partial charge in [-0.15, -0.1) is 0 Å². The molecule has 1 N–H and O–H groups in total. The van der Waals surface area contributed by atoms with Gasteiger partial charge < -0.3 is 9.84 Å². The Balaban J connectivity index is 1.49. The molecule has 0 bridgehead atoms. The maximum absolute atomic E-state index is 13.9. The molecule has 1 fully saturated rings. The highest BCUT2D eigenvalue weighted by atomic mass is 35.5. The quantitative estimate of drug-likeness (QED) is 0.393. The van der Waals surface area contributed by atoms with Gasteiger partial charge in [-0.25, -0.2) is 18.7 Å². The van der Waals surface area contributed by atoms with Gasteiger partial charge in [-0.1, -0.05) is 11.6 Å². The van der Waals surface area contributed by atoms with E-state index in [1.54, 1.807) is 37.5 Å². The third-order valence-corrected chi connectivity index (χ3v) is 6.73. The fourth-order valence-electron chi connectivity index (χ4n) is 4.14. The summed E-state index contributed by atoms with van der Waals surface area (Å²) in [6, 6.07) is 5.66. The molecule has 4 heterocycles. The lowest BCUT2D eigenvalue weighted by Crippen LogP contribution is -2.35. The Kier molecular flexibility index (Phi) is 6.47. The number of hydrogen-bond donors (Lipinski definition) is 1. The molecule has 0 spiro atoms. The molecular weight excluding hydrogens is 504 g/mol. The number of nitrogens with zero attached hydrogens (tertiary/aromatic N) is 5. The molecule has 1 aliphatic rings. The van der Waals surface area contributed by atoms with Crippen LogP contribution in [0.2, 0.25) is 5.02 Å². The predicted molar refractivity (Wildman–Crippen MR) is 132 cm³/mol. The lowest BCUT2D eigenvalue weighted by Gasteiger charge is -2.34. The van der Waals surface area contributed by atoms with E-state index in [0.29, 0.717) is 53.1 Å². The molecule has 8 nitrogen and oxygen atoms in total. The molecule has 0 aromatic carbocycles. The molecule has 5 rings (SSSR count). The molecule has 0 aliphatic heterocycles. The lowest BCUT2D eigenvalue weighted by atomic mass is 9.79. The van der Waals surface area contributed by atoms with Crippen molar-refractivity contribution in [1.82, 2.24) is 24.5 Å². The first-order chi connectivity index (χ1) is 17.7. The Hall–Kier alpha value is -3.76. The number of hydrogen-bond acceptors (Lipinski definition) is 7. The third-order valence-electron chi connectivity index (χ3n) is 6.38. The summed E-state index contributed by atoms with van der Waals surface area (Å²) < 4.78 is 34.0. The molecule has 11 heteroatoms. The van der Waals surface area contributed by atoms with Gasteiger partial charge in [0.25, 0.3) is 5.56 Å². The van der Waals surface area contributed by atoms with Crippen molar-refractivity contribution in [2.45, 2.75) is 45.3 Å². The SMILES string of the molecule is Cc1cnc(-c2ccnc(C3(O)CCC3)n2)cc1-n1c(C)cc(OCc2ncc(F)cc2F)c(Cl)c1=O. The van der Waals surface area contributed by atoms with Gasteiger partial charge in [0.15, 0.2) is 11.6 Å². The molecule has 190 valence electrons. The van der Waals surface area contributed by atoms with Crippen LogP contribution in [0.5, 0.6) is 5.75 Å². The number of rotatable bonds is 6. The van der Waals surface area contributed by atoms with Gasteiger partial charge in [0.05, 0.1) is 23.3 Å². The van der Waals surface area contributed by atoms with Crippen molar-refractivity contribution in [3.05, 3.63) is 92.6 Å². The van der Waals surface area contributed by atoms with Crippen LogP contribution in [0.4, 0.5) is 8.78 Å². The summed E-state index contributed by atoms with van der Waals surface area (Å²) in [6.45, 7) is 3.17. The van der Waals surface area contributed by atoms with E-state index < -0.39 is 22.8 Å². The number of aryl methyl sites for hydroxylation is 2. The number of pyridine rings is 3. The first-order valence-electron chi connectivity index (χ1n) is 11.5. The molecule has 4 aromatic heterocycles. The second-order valence-corrected chi connectivity index (χ2v) is 9.36. The van der Waals surface area contributed by atoms with Crippen molar-refractivity contribution in [2.75, 3.05) is 0 Å². The summed E-state index contributed by atoms with van der Waals surface area (Å²) in [4.78, 5) is 30.2. The molecule has 0 radical (unpaired) electrons. The molecule has 0 atom stereocenters. The Morgan fingerprint density at radius 2 is 1.89 bits per heavy atom. The second-order valence-electron chi connectivity index (χ2n) is 8.98. The van der Waals surface area contributed by atoms with Gasteiger partial charge in [0.2, 0.25) is 0 Å². The van der Waals surface area contributed by atoms with Gasteiger partial charge in [0, 0.05) is 30.2 Å². The fraction of sp³-hybridized carbons (Fsp3) is 0.269. The highest BCUT2D eigenvalue weighted by molar-refractivity contribution is 6.31. The minimum absolute atomic E-state index is 0.0482. The van der Waals surface area contributed by atoms with Crippen molar-refractivity contribution in [1.29, 1.82) is 0 Å². The zero-order valence-electron chi connectivity index (χ0n) is 20.0. The summed E-state index contributed by atoms with van der Waals surface area (Å²) in [5.41, 5.74) is 1.07. The minimum atomic E-state index is -1.02. The lowest BCUT2D eigenvalue weighted by molar-refractivity contribution is -0.0466. The normalized spacial score (nSPS) is 14.3. The topological polar surface area (TPSA) is 103 Å². The number of ether oxygens (including phenoxy) is 1. The zero-order valence-corrected chi connectivity index (χ0v) is 20.8. The van der Waals surface area contributed by atoms with Crippen molar-refractivity contribution < 1.29 is 18.6 Å². The third kappa shape index (κ3) is 4.70. The summed E-state index contributed by atoms with van der Waals surface area (Å²) >= 11 is 6.36. The Bertz CT molecular complexity index is 1570. The van der Waals surface area contributed by atoms with Crippen molar-refractivity contribution >= 4 is 11.6 Å². The van der Waals surface area contributed by atoms with Crippen LogP contribution in [0.15, 0.2) is 47.7 Å². The number of halogens is 3. The van der Waals surface area contributed by atoms with E-state index in [1.165, 1.54) is 4.57 Å². The summed E-state index contributed by atoms with van der Waals surface area (Å²) in [6.07, 6.45) is 6.20. The van der Waals surface area contributed by atoms with Gasteiger partial charge in [-0.2, -0.15) is 0 Å². The molecule has 0 amide bonds. The van der Waals surface area contributed by atoms with Crippen LogP contribution in [0.25, 0.3) is 17.1 Å². The predicted octanol–water partition coefficient (Wildman–Crippen LogP) is 4.58. The smallest absolute Gasteiger partial charge is 0.277 e. The van der Waals surface area contributed by atoms with Gasteiger partial charge in [0.1, 0.15) is 34.5 Å². The van der Waals surface area contributed by atoms with E-state index in [9.17, 15) is 18.7 Å². The van der Waals surface area contributed by atoms with Crippen LogP contribution >= 0.6 is 11.6 Å². The van der Waals surface area contributed by atoms with Crippen LogP contribution < -0.4 is 10.3 Å². The van der Waals surface area contributed by atoms with E-state index >= 15 is 0 Å². The van der Waals surface area contributed by atoms with Crippen molar-refractivity contribution in [3.63, 3.8) is 0 Å². The first-order valence-corrected chi connectivity index (χ1v) is 11.9. The standard InChI is InChI=1S/C26H22ClF2N5O3/c1-14-11-31-19(18-4-7-30-25(33-18)26(36)5-3-6-26)10-21(14)34-15(2)8-22(23(27)24(34)35)37-13-20-17(29)9-16(28)12-32-20/h4,7-12,36H,3,5-6,13H2,1-2H3. The first kappa shape index (κ1) is 24.9. The fourth-order valence-corrected chi connectivity index (χ4v) is 4.33. The molecule has 37 heavy (non-hydrogen) atoms. The number of aliphatic hydroxyl groups is 1. The molecule has 1 aliphatic carbocycles. The maximum atomic E-state index is 13.9.